The molecule has 2 amide bonds. The molecule has 0 heterocycles. The van der Waals surface area contributed by atoms with Crippen molar-refractivity contribution in [3.63, 3.8) is 0 Å². The third kappa shape index (κ3) is 5.19. The Labute approximate surface area is 168 Å². The predicted molar refractivity (Wildman–Crippen MR) is 108 cm³/mol. The molecule has 0 bridgehead atoms. The van der Waals surface area contributed by atoms with Gasteiger partial charge in [-0.15, -0.1) is 0 Å². The summed E-state index contributed by atoms with van der Waals surface area (Å²) in [6, 6.07) is 22.1. The lowest BCUT2D eigenvalue weighted by atomic mass is 9.98. The maximum atomic E-state index is 13.7. The first-order valence-corrected chi connectivity index (χ1v) is 9.09. The minimum absolute atomic E-state index is 0.102. The van der Waals surface area contributed by atoms with E-state index in [1.54, 1.807) is 13.2 Å². The number of halogens is 1. The van der Waals surface area contributed by atoms with Crippen LogP contribution in [-0.4, -0.2) is 25.5 Å². The summed E-state index contributed by atoms with van der Waals surface area (Å²) in [7, 11) is 1.59. The van der Waals surface area contributed by atoms with Crippen LogP contribution >= 0.6 is 0 Å². The number of ether oxygens (including phenoxy) is 1. The molecule has 29 heavy (non-hydrogen) atoms. The number of methoxy groups -OCH3 is 1. The van der Waals surface area contributed by atoms with Crippen molar-refractivity contribution in [2.75, 3.05) is 13.7 Å². The van der Waals surface area contributed by atoms with Gasteiger partial charge in [-0.25, -0.2) is 4.39 Å². The van der Waals surface area contributed by atoms with E-state index in [0.29, 0.717) is 5.75 Å². The van der Waals surface area contributed by atoms with Crippen LogP contribution in [0.2, 0.25) is 0 Å². The van der Waals surface area contributed by atoms with Gasteiger partial charge in [-0.05, 0) is 35.4 Å². The molecule has 148 valence electrons. The minimum Gasteiger partial charge on any atom is -0.497 e. The van der Waals surface area contributed by atoms with Crippen LogP contribution in [0.3, 0.4) is 0 Å². The summed E-state index contributed by atoms with van der Waals surface area (Å²) < 4.78 is 18.9. The van der Waals surface area contributed by atoms with Crippen molar-refractivity contribution in [1.29, 1.82) is 0 Å². The quantitative estimate of drug-likeness (QED) is 0.647. The largest absolute Gasteiger partial charge is 0.497 e. The fraction of sp³-hybridized carbons (Fsp3) is 0.130. The van der Waals surface area contributed by atoms with Gasteiger partial charge in [0, 0.05) is 0 Å². The highest BCUT2D eigenvalue weighted by atomic mass is 19.1. The Bertz CT molecular complexity index is 975. The molecule has 0 aromatic heterocycles. The molecule has 2 N–H and O–H groups in total. The van der Waals surface area contributed by atoms with E-state index in [1.807, 2.05) is 54.6 Å². The van der Waals surface area contributed by atoms with E-state index in [4.69, 9.17) is 4.74 Å². The van der Waals surface area contributed by atoms with Crippen LogP contribution in [0.1, 0.15) is 27.5 Å². The Morgan fingerprint density at radius 1 is 0.897 bits per heavy atom. The second-order valence-electron chi connectivity index (χ2n) is 6.35. The molecule has 6 heteroatoms. The van der Waals surface area contributed by atoms with Crippen molar-refractivity contribution in [3.8, 4) is 5.75 Å². The van der Waals surface area contributed by atoms with E-state index < -0.39 is 17.8 Å². The van der Waals surface area contributed by atoms with Crippen LogP contribution in [0, 0.1) is 5.82 Å². The summed E-state index contributed by atoms with van der Waals surface area (Å²) in [6.07, 6.45) is 0. The van der Waals surface area contributed by atoms with Crippen molar-refractivity contribution < 1.29 is 18.7 Å². The molecule has 0 aliphatic heterocycles. The van der Waals surface area contributed by atoms with Crippen LogP contribution in [0.5, 0.6) is 5.75 Å². The van der Waals surface area contributed by atoms with Gasteiger partial charge in [-0.1, -0.05) is 54.6 Å². The third-order valence-corrected chi connectivity index (χ3v) is 4.42. The number of carbonyl (C=O) groups is 2. The number of hydrogen-bond acceptors (Lipinski definition) is 3. The molecule has 0 spiro atoms. The zero-order valence-electron chi connectivity index (χ0n) is 15.9. The van der Waals surface area contributed by atoms with Crippen LogP contribution < -0.4 is 15.4 Å². The Hall–Kier alpha value is -3.67. The molecule has 1 atom stereocenters. The first-order chi connectivity index (χ1) is 14.1. The number of benzene rings is 3. The SMILES string of the molecule is COc1ccc(C(NC(=O)CNC(=O)c2ccccc2F)c2ccccc2)cc1. The molecule has 0 saturated carbocycles. The molecule has 5 nitrogen and oxygen atoms in total. The van der Waals surface area contributed by atoms with Gasteiger partial charge < -0.3 is 15.4 Å². The fourth-order valence-electron chi connectivity index (χ4n) is 2.91. The predicted octanol–water partition coefficient (Wildman–Crippen LogP) is 3.47. The van der Waals surface area contributed by atoms with Gasteiger partial charge in [0.1, 0.15) is 11.6 Å². The topological polar surface area (TPSA) is 67.4 Å². The zero-order valence-corrected chi connectivity index (χ0v) is 15.9. The van der Waals surface area contributed by atoms with Crippen LogP contribution in [-0.2, 0) is 4.79 Å². The van der Waals surface area contributed by atoms with Gasteiger partial charge in [-0.2, -0.15) is 0 Å². The van der Waals surface area contributed by atoms with Crippen molar-refractivity contribution in [3.05, 3.63) is 101 Å². The monoisotopic (exact) mass is 392 g/mol. The summed E-state index contributed by atoms with van der Waals surface area (Å²) in [5, 5.41) is 5.38. The standard InChI is InChI=1S/C23H21FN2O3/c1-29-18-13-11-17(12-14-18)22(16-7-3-2-4-8-16)26-21(27)15-25-23(28)19-9-5-6-10-20(19)24/h2-14,22H,15H2,1H3,(H,25,28)(H,26,27). The third-order valence-electron chi connectivity index (χ3n) is 4.42. The lowest BCUT2D eigenvalue weighted by Crippen LogP contribution is -2.39. The number of hydrogen-bond donors (Lipinski definition) is 2. The molecule has 0 saturated heterocycles. The second kappa shape index (κ2) is 9.50. The van der Waals surface area contributed by atoms with Crippen molar-refractivity contribution >= 4 is 11.8 Å². The molecule has 0 aliphatic carbocycles. The average Bonchev–Trinajstić information content (AvgIpc) is 2.77. The van der Waals surface area contributed by atoms with Crippen LogP contribution in [0.4, 0.5) is 4.39 Å². The summed E-state index contributed by atoms with van der Waals surface area (Å²) in [5.41, 5.74) is 1.66. The Morgan fingerprint density at radius 3 is 2.17 bits per heavy atom. The van der Waals surface area contributed by atoms with Crippen molar-refractivity contribution in [2.24, 2.45) is 0 Å². The first-order valence-electron chi connectivity index (χ1n) is 9.09. The summed E-state index contributed by atoms with van der Waals surface area (Å²) in [6.45, 7) is -0.271. The van der Waals surface area contributed by atoms with Gasteiger partial charge in [0.25, 0.3) is 5.91 Å². The lowest BCUT2D eigenvalue weighted by Gasteiger charge is -2.20. The second-order valence-corrected chi connectivity index (χ2v) is 6.35. The van der Waals surface area contributed by atoms with Gasteiger partial charge >= 0.3 is 0 Å². The first kappa shape index (κ1) is 20.1. The average molecular weight is 392 g/mol. The van der Waals surface area contributed by atoms with E-state index in [0.717, 1.165) is 11.1 Å². The molecule has 3 aromatic rings. The Balaban J connectivity index is 1.71. The van der Waals surface area contributed by atoms with E-state index in [1.165, 1.54) is 18.2 Å². The van der Waals surface area contributed by atoms with E-state index in [9.17, 15) is 14.0 Å². The summed E-state index contributed by atoms with van der Waals surface area (Å²) >= 11 is 0. The van der Waals surface area contributed by atoms with E-state index in [-0.39, 0.29) is 18.0 Å². The Morgan fingerprint density at radius 2 is 1.52 bits per heavy atom. The normalized spacial score (nSPS) is 11.4. The number of carbonyl (C=O) groups excluding carboxylic acids is 2. The summed E-state index contributed by atoms with van der Waals surface area (Å²) in [5.74, 6) is -0.951. The number of nitrogens with one attached hydrogen (secondary N) is 2. The van der Waals surface area contributed by atoms with Gasteiger partial charge in [0.15, 0.2) is 0 Å². The number of rotatable bonds is 7. The fourth-order valence-corrected chi connectivity index (χ4v) is 2.91. The van der Waals surface area contributed by atoms with Crippen LogP contribution in [0.25, 0.3) is 0 Å². The van der Waals surface area contributed by atoms with Crippen molar-refractivity contribution in [2.45, 2.75) is 6.04 Å². The van der Waals surface area contributed by atoms with Crippen LogP contribution in [0.15, 0.2) is 78.9 Å². The minimum atomic E-state index is -0.640. The molecule has 3 rings (SSSR count). The zero-order chi connectivity index (χ0) is 20.6. The van der Waals surface area contributed by atoms with Gasteiger partial charge in [-0.3, -0.25) is 9.59 Å². The number of amides is 2. The molecule has 3 aromatic carbocycles. The Kier molecular flexibility index (Phi) is 6.58. The maximum absolute atomic E-state index is 13.7. The highest BCUT2D eigenvalue weighted by Gasteiger charge is 2.18. The highest BCUT2D eigenvalue weighted by molar-refractivity contribution is 5.96. The molecule has 0 radical (unpaired) electrons. The maximum Gasteiger partial charge on any atom is 0.254 e. The smallest absolute Gasteiger partial charge is 0.254 e. The van der Waals surface area contributed by atoms with E-state index >= 15 is 0 Å². The summed E-state index contributed by atoms with van der Waals surface area (Å²) in [4.78, 5) is 24.6. The highest BCUT2D eigenvalue weighted by Crippen LogP contribution is 2.24. The van der Waals surface area contributed by atoms with Gasteiger partial charge in [0.2, 0.25) is 5.91 Å². The van der Waals surface area contributed by atoms with Crippen molar-refractivity contribution in [1.82, 2.24) is 10.6 Å². The van der Waals surface area contributed by atoms with E-state index in [2.05, 4.69) is 10.6 Å². The lowest BCUT2D eigenvalue weighted by molar-refractivity contribution is -0.120. The molecular formula is C23H21FN2O3. The molecule has 1 unspecified atom stereocenters. The molecule has 0 fully saturated rings. The molecule has 0 aliphatic rings. The van der Waals surface area contributed by atoms with Gasteiger partial charge in [0.05, 0.1) is 25.3 Å². The molecular weight excluding hydrogens is 371 g/mol.